The van der Waals surface area contributed by atoms with Crippen molar-refractivity contribution in [1.29, 1.82) is 0 Å². The lowest BCUT2D eigenvalue weighted by molar-refractivity contribution is -0.117. The van der Waals surface area contributed by atoms with Gasteiger partial charge in [-0.05, 0) is 13.3 Å². The monoisotopic (exact) mass is 212 g/mol. The number of carbonyl (C=O) groups excluding carboxylic acids is 1. The molecule has 1 rings (SSSR count). The number of anilines is 1. The standard InChI is InChI=1S/C9H16N4O2/c1-6-5-11-13-8(6)12-9(14)7(10)3-4-15-2/h5,7H,3-4,10H2,1-2H3,(H2,11,12,13,14). The SMILES string of the molecule is COCCC(N)C(=O)Nc1[nH]ncc1C. The Kier molecular flexibility index (Phi) is 4.26. The van der Waals surface area contributed by atoms with Crippen molar-refractivity contribution in [1.82, 2.24) is 10.2 Å². The third kappa shape index (κ3) is 3.34. The van der Waals surface area contributed by atoms with Gasteiger partial charge in [0.2, 0.25) is 5.91 Å². The highest BCUT2D eigenvalue weighted by molar-refractivity contribution is 5.94. The second kappa shape index (κ2) is 5.47. The molecule has 0 bridgehead atoms. The number of nitrogens with one attached hydrogen (secondary N) is 2. The Balaban J connectivity index is 2.45. The molecule has 0 fully saturated rings. The van der Waals surface area contributed by atoms with Crippen LogP contribution < -0.4 is 11.1 Å². The second-order valence-electron chi connectivity index (χ2n) is 3.31. The van der Waals surface area contributed by atoms with Gasteiger partial charge in [0.1, 0.15) is 5.82 Å². The molecular formula is C9H16N4O2. The van der Waals surface area contributed by atoms with Crippen LogP contribution in [0.3, 0.4) is 0 Å². The summed E-state index contributed by atoms with van der Waals surface area (Å²) < 4.78 is 4.84. The Morgan fingerprint density at radius 2 is 2.53 bits per heavy atom. The first-order valence-corrected chi connectivity index (χ1v) is 4.70. The largest absolute Gasteiger partial charge is 0.385 e. The third-order valence-corrected chi connectivity index (χ3v) is 2.05. The van der Waals surface area contributed by atoms with E-state index in [1.54, 1.807) is 13.3 Å². The van der Waals surface area contributed by atoms with Gasteiger partial charge in [0.15, 0.2) is 0 Å². The van der Waals surface area contributed by atoms with E-state index in [2.05, 4.69) is 15.5 Å². The molecular weight excluding hydrogens is 196 g/mol. The van der Waals surface area contributed by atoms with E-state index in [0.717, 1.165) is 5.56 Å². The second-order valence-corrected chi connectivity index (χ2v) is 3.31. The lowest BCUT2D eigenvalue weighted by atomic mass is 10.2. The van der Waals surface area contributed by atoms with Crippen molar-refractivity contribution in [3.63, 3.8) is 0 Å². The molecule has 1 amide bonds. The maximum atomic E-state index is 11.5. The lowest BCUT2D eigenvalue weighted by Gasteiger charge is -2.10. The molecule has 1 heterocycles. The van der Waals surface area contributed by atoms with Gasteiger partial charge >= 0.3 is 0 Å². The first-order valence-electron chi connectivity index (χ1n) is 4.70. The highest BCUT2D eigenvalue weighted by Gasteiger charge is 2.14. The van der Waals surface area contributed by atoms with Gasteiger partial charge in [-0.1, -0.05) is 0 Å². The number of carbonyl (C=O) groups is 1. The van der Waals surface area contributed by atoms with Gasteiger partial charge in [0.25, 0.3) is 0 Å². The van der Waals surface area contributed by atoms with Crippen LogP contribution in [0.4, 0.5) is 5.82 Å². The van der Waals surface area contributed by atoms with Crippen molar-refractivity contribution in [2.45, 2.75) is 19.4 Å². The van der Waals surface area contributed by atoms with Crippen molar-refractivity contribution in [2.24, 2.45) is 5.73 Å². The Bertz CT molecular complexity index is 324. The molecule has 0 spiro atoms. The van der Waals surface area contributed by atoms with E-state index >= 15 is 0 Å². The summed E-state index contributed by atoms with van der Waals surface area (Å²) in [6.07, 6.45) is 2.13. The maximum Gasteiger partial charge on any atom is 0.242 e. The first kappa shape index (κ1) is 11.7. The zero-order chi connectivity index (χ0) is 11.3. The molecule has 0 radical (unpaired) electrons. The number of aryl methyl sites for hydroxylation is 1. The van der Waals surface area contributed by atoms with Crippen LogP contribution in [0.15, 0.2) is 6.20 Å². The van der Waals surface area contributed by atoms with Crippen LogP contribution in [0.5, 0.6) is 0 Å². The van der Waals surface area contributed by atoms with E-state index in [9.17, 15) is 4.79 Å². The van der Waals surface area contributed by atoms with Crippen LogP contribution in [-0.2, 0) is 9.53 Å². The maximum absolute atomic E-state index is 11.5. The topological polar surface area (TPSA) is 93.0 Å². The van der Waals surface area contributed by atoms with E-state index in [4.69, 9.17) is 10.5 Å². The fraction of sp³-hybridized carbons (Fsp3) is 0.556. The Morgan fingerprint density at radius 1 is 1.80 bits per heavy atom. The fourth-order valence-electron chi connectivity index (χ4n) is 1.06. The number of hydrogen-bond acceptors (Lipinski definition) is 4. The van der Waals surface area contributed by atoms with Crippen LogP contribution >= 0.6 is 0 Å². The van der Waals surface area contributed by atoms with Crippen molar-refractivity contribution in [3.05, 3.63) is 11.8 Å². The van der Waals surface area contributed by atoms with Gasteiger partial charge < -0.3 is 15.8 Å². The highest BCUT2D eigenvalue weighted by atomic mass is 16.5. The molecule has 1 aromatic heterocycles. The molecule has 84 valence electrons. The van der Waals surface area contributed by atoms with Gasteiger partial charge in [0.05, 0.1) is 12.2 Å². The van der Waals surface area contributed by atoms with Crippen LogP contribution in [0.2, 0.25) is 0 Å². The smallest absolute Gasteiger partial charge is 0.242 e. The predicted molar refractivity (Wildman–Crippen MR) is 56.4 cm³/mol. The minimum atomic E-state index is -0.562. The van der Waals surface area contributed by atoms with Crippen molar-refractivity contribution in [2.75, 3.05) is 19.0 Å². The van der Waals surface area contributed by atoms with Crippen LogP contribution in [-0.4, -0.2) is 35.9 Å². The van der Waals surface area contributed by atoms with Crippen molar-refractivity contribution >= 4 is 11.7 Å². The number of H-pyrrole nitrogens is 1. The predicted octanol–water partition coefficient (Wildman–Crippen LogP) is 0.0204. The van der Waals surface area contributed by atoms with Gasteiger partial charge in [-0.3, -0.25) is 9.89 Å². The average Bonchev–Trinajstić information content (AvgIpc) is 2.61. The molecule has 0 aliphatic carbocycles. The molecule has 0 saturated carbocycles. The lowest BCUT2D eigenvalue weighted by Crippen LogP contribution is -2.36. The number of aromatic nitrogens is 2. The van der Waals surface area contributed by atoms with Crippen molar-refractivity contribution < 1.29 is 9.53 Å². The van der Waals surface area contributed by atoms with Gasteiger partial charge in [-0.15, -0.1) is 0 Å². The van der Waals surface area contributed by atoms with Gasteiger partial charge in [-0.2, -0.15) is 5.10 Å². The molecule has 15 heavy (non-hydrogen) atoms. The number of rotatable bonds is 5. The van der Waals surface area contributed by atoms with Gasteiger partial charge in [-0.25, -0.2) is 0 Å². The van der Waals surface area contributed by atoms with E-state index in [0.29, 0.717) is 18.8 Å². The molecule has 1 atom stereocenters. The Morgan fingerprint density at radius 3 is 3.07 bits per heavy atom. The van der Waals surface area contributed by atoms with E-state index in [-0.39, 0.29) is 5.91 Å². The first-order chi connectivity index (χ1) is 7.15. The average molecular weight is 212 g/mol. The van der Waals surface area contributed by atoms with E-state index in [1.807, 2.05) is 6.92 Å². The summed E-state index contributed by atoms with van der Waals surface area (Å²) in [5.41, 5.74) is 6.52. The molecule has 0 aliphatic heterocycles. The number of hydrogen-bond donors (Lipinski definition) is 3. The number of nitrogens with zero attached hydrogens (tertiary/aromatic N) is 1. The quantitative estimate of drug-likeness (QED) is 0.641. The summed E-state index contributed by atoms with van der Waals surface area (Å²) in [6, 6.07) is -0.562. The Hall–Kier alpha value is -1.40. The Labute approximate surface area is 88.2 Å². The molecule has 0 saturated heterocycles. The third-order valence-electron chi connectivity index (χ3n) is 2.05. The summed E-state index contributed by atoms with van der Waals surface area (Å²) in [7, 11) is 1.57. The van der Waals surface area contributed by atoms with Crippen LogP contribution in [0, 0.1) is 6.92 Å². The number of aromatic amines is 1. The minimum Gasteiger partial charge on any atom is -0.385 e. The van der Waals surface area contributed by atoms with Crippen LogP contribution in [0.1, 0.15) is 12.0 Å². The van der Waals surface area contributed by atoms with Crippen molar-refractivity contribution in [3.8, 4) is 0 Å². The fourth-order valence-corrected chi connectivity index (χ4v) is 1.06. The summed E-state index contributed by atoms with van der Waals surface area (Å²) in [5, 5.41) is 9.13. The molecule has 0 aliphatic rings. The van der Waals surface area contributed by atoms with Gasteiger partial charge in [0, 0.05) is 19.3 Å². The molecule has 1 unspecified atom stereocenters. The number of ether oxygens (including phenoxy) is 1. The number of methoxy groups -OCH3 is 1. The molecule has 6 heteroatoms. The van der Waals surface area contributed by atoms with E-state index < -0.39 is 6.04 Å². The van der Waals surface area contributed by atoms with Crippen LogP contribution in [0.25, 0.3) is 0 Å². The normalized spacial score (nSPS) is 12.5. The molecule has 1 aromatic rings. The minimum absolute atomic E-state index is 0.237. The highest BCUT2D eigenvalue weighted by Crippen LogP contribution is 2.08. The zero-order valence-electron chi connectivity index (χ0n) is 8.91. The summed E-state index contributed by atoms with van der Waals surface area (Å²) >= 11 is 0. The summed E-state index contributed by atoms with van der Waals surface area (Å²) in [6.45, 7) is 2.32. The number of nitrogens with two attached hydrogens (primary N) is 1. The molecule has 4 N–H and O–H groups in total. The number of amides is 1. The molecule has 0 aromatic carbocycles. The summed E-state index contributed by atoms with van der Waals surface area (Å²) in [5.74, 6) is 0.354. The molecule has 6 nitrogen and oxygen atoms in total. The van der Waals surface area contributed by atoms with E-state index in [1.165, 1.54) is 0 Å². The zero-order valence-corrected chi connectivity index (χ0v) is 8.91. The summed E-state index contributed by atoms with van der Waals surface area (Å²) in [4.78, 5) is 11.5.